The molecular weight excluding hydrogens is 202 g/mol. The summed E-state index contributed by atoms with van der Waals surface area (Å²) in [6.07, 6.45) is 3.51. The molecule has 0 saturated carbocycles. The standard InChI is InChI=1S/C12H19N3O/c1-9-14-11-7-13-5-4-12(11)15(9)10-3-2-6-16-8-10/h10,13H,2-8H2,1H3. The average Bonchev–Trinajstić information content (AvgIpc) is 2.66. The van der Waals surface area contributed by atoms with Crippen molar-refractivity contribution in [2.24, 2.45) is 0 Å². The number of rotatable bonds is 1. The zero-order valence-corrected chi connectivity index (χ0v) is 9.83. The van der Waals surface area contributed by atoms with E-state index in [1.807, 2.05) is 0 Å². The van der Waals surface area contributed by atoms with Gasteiger partial charge < -0.3 is 14.6 Å². The lowest BCUT2D eigenvalue weighted by molar-refractivity contribution is 0.0575. The molecule has 3 rings (SSSR count). The lowest BCUT2D eigenvalue weighted by Crippen LogP contribution is -2.28. The Morgan fingerprint density at radius 3 is 3.25 bits per heavy atom. The van der Waals surface area contributed by atoms with Crippen LogP contribution in [0.2, 0.25) is 0 Å². The number of hydrogen-bond donors (Lipinski definition) is 1. The molecule has 88 valence electrons. The molecule has 1 unspecified atom stereocenters. The summed E-state index contributed by atoms with van der Waals surface area (Å²) in [6, 6.07) is 0.517. The smallest absolute Gasteiger partial charge is 0.106 e. The van der Waals surface area contributed by atoms with Gasteiger partial charge in [0.05, 0.1) is 18.3 Å². The van der Waals surface area contributed by atoms with E-state index in [-0.39, 0.29) is 0 Å². The van der Waals surface area contributed by atoms with Gasteiger partial charge in [0.2, 0.25) is 0 Å². The van der Waals surface area contributed by atoms with Crippen LogP contribution in [0.4, 0.5) is 0 Å². The van der Waals surface area contributed by atoms with Crippen LogP contribution in [-0.4, -0.2) is 29.3 Å². The number of nitrogens with zero attached hydrogens (tertiary/aromatic N) is 2. The van der Waals surface area contributed by atoms with Crippen molar-refractivity contribution in [2.75, 3.05) is 19.8 Å². The Morgan fingerprint density at radius 1 is 1.50 bits per heavy atom. The first-order valence-corrected chi connectivity index (χ1v) is 6.21. The minimum Gasteiger partial charge on any atom is -0.379 e. The molecule has 0 spiro atoms. The summed E-state index contributed by atoms with van der Waals surface area (Å²) in [7, 11) is 0. The summed E-state index contributed by atoms with van der Waals surface area (Å²) in [5.74, 6) is 1.16. The third-order valence-electron chi connectivity index (χ3n) is 3.60. The van der Waals surface area contributed by atoms with Gasteiger partial charge in [-0.1, -0.05) is 0 Å². The van der Waals surface area contributed by atoms with Crippen LogP contribution in [0, 0.1) is 6.92 Å². The molecule has 0 aliphatic carbocycles. The molecule has 1 N–H and O–H groups in total. The predicted octanol–water partition coefficient (Wildman–Crippen LogP) is 1.19. The fraction of sp³-hybridized carbons (Fsp3) is 0.750. The van der Waals surface area contributed by atoms with Crippen molar-refractivity contribution in [3.8, 4) is 0 Å². The number of aromatic nitrogens is 2. The quantitative estimate of drug-likeness (QED) is 0.774. The van der Waals surface area contributed by atoms with Gasteiger partial charge in [0, 0.05) is 31.8 Å². The van der Waals surface area contributed by atoms with Crippen molar-refractivity contribution in [2.45, 2.75) is 38.8 Å². The number of aryl methyl sites for hydroxylation is 1. The largest absolute Gasteiger partial charge is 0.379 e. The minimum atomic E-state index is 0.517. The molecule has 1 aromatic rings. The zero-order chi connectivity index (χ0) is 11.0. The van der Waals surface area contributed by atoms with Gasteiger partial charge in [0.25, 0.3) is 0 Å². The monoisotopic (exact) mass is 221 g/mol. The maximum Gasteiger partial charge on any atom is 0.106 e. The van der Waals surface area contributed by atoms with Crippen LogP contribution < -0.4 is 5.32 Å². The molecule has 2 aliphatic rings. The van der Waals surface area contributed by atoms with Crippen LogP contribution in [0.1, 0.15) is 36.1 Å². The third kappa shape index (κ3) is 1.66. The predicted molar refractivity (Wildman–Crippen MR) is 61.5 cm³/mol. The summed E-state index contributed by atoms with van der Waals surface area (Å²) >= 11 is 0. The van der Waals surface area contributed by atoms with Gasteiger partial charge in [-0.15, -0.1) is 0 Å². The highest BCUT2D eigenvalue weighted by Gasteiger charge is 2.24. The molecule has 2 aliphatic heterocycles. The van der Waals surface area contributed by atoms with E-state index < -0.39 is 0 Å². The summed E-state index contributed by atoms with van der Waals surface area (Å²) in [6.45, 7) is 5.90. The summed E-state index contributed by atoms with van der Waals surface area (Å²) < 4.78 is 8.01. The Labute approximate surface area is 96.0 Å². The second kappa shape index (κ2) is 4.18. The zero-order valence-electron chi connectivity index (χ0n) is 9.83. The Bertz CT molecular complexity index is 380. The first kappa shape index (κ1) is 10.3. The van der Waals surface area contributed by atoms with Crippen molar-refractivity contribution in [1.82, 2.24) is 14.9 Å². The topological polar surface area (TPSA) is 39.1 Å². The molecule has 1 saturated heterocycles. The van der Waals surface area contributed by atoms with Gasteiger partial charge in [-0.2, -0.15) is 0 Å². The van der Waals surface area contributed by atoms with Gasteiger partial charge in [-0.05, 0) is 19.8 Å². The molecule has 4 heteroatoms. The van der Waals surface area contributed by atoms with Gasteiger partial charge in [0.1, 0.15) is 5.82 Å². The van der Waals surface area contributed by atoms with Crippen molar-refractivity contribution in [1.29, 1.82) is 0 Å². The van der Waals surface area contributed by atoms with E-state index in [2.05, 4.69) is 21.8 Å². The number of fused-ring (bicyclic) bond motifs is 1. The van der Waals surface area contributed by atoms with E-state index in [4.69, 9.17) is 4.74 Å². The highest BCUT2D eigenvalue weighted by molar-refractivity contribution is 5.21. The molecule has 1 fully saturated rings. The molecule has 0 bridgehead atoms. The second-order valence-electron chi connectivity index (χ2n) is 4.72. The van der Waals surface area contributed by atoms with Crippen molar-refractivity contribution < 1.29 is 4.74 Å². The molecule has 4 nitrogen and oxygen atoms in total. The van der Waals surface area contributed by atoms with E-state index in [0.717, 1.165) is 38.5 Å². The Kier molecular flexibility index (Phi) is 2.69. The van der Waals surface area contributed by atoms with E-state index in [1.54, 1.807) is 0 Å². The normalized spacial score (nSPS) is 25.4. The SMILES string of the molecule is Cc1nc2c(n1C1CCCOC1)CCNC2. The van der Waals surface area contributed by atoms with Crippen LogP contribution in [0.5, 0.6) is 0 Å². The fourth-order valence-electron chi connectivity index (χ4n) is 2.88. The fourth-order valence-corrected chi connectivity index (χ4v) is 2.88. The van der Waals surface area contributed by atoms with Crippen LogP contribution in [-0.2, 0) is 17.7 Å². The number of nitrogens with one attached hydrogen (secondary N) is 1. The molecule has 16 heavy (non-hydrogen) atoms. The van der Waals surface area contributed by atoms with Crippen LogP contribution in [0.25, 0.3) is 0 Å². The maximum absolute atomic E-state index is 5.59. The molecule has 0 radical (unpaired) electrons. The molecule has 0 amide bonds. The molecule has 3 heterocycles. The van der Waals surface area contributed by atoms with Crippen LogP contribution in [0.15, 0.2) is 0 Å². The summed E-state index contributed by atoms with van der Waals surface area (Å²) in [5.41, 5.74) is 2.68. The first-order chi connectivity index (χ1) is 7.86. The maximum atomic E-state index is 5.59. The van der Waals surface area contributed by atoms with Crippen molar-refractivity contribution in [3.63, 3.8) is 0 Å². The molecule has 1 atom stereocenters. The van der Waals surface area contributed by atoms with Crippen LogP contribution >= 0.6 is 0 Å². The number of imidazole rings is 1. The van der Waals surface area contributed by atoms with Gasteiger partial charge in [-0.3, -0.25) is 0 Å². The van der Waals surface area contributed by atoms with Crippen molar-refractivity contribution in [3.05, 3.63) is 17.2 Å². The van der Waals surface area contributed by atoms with E-state index in [9.17, 15) is 0 Å². The lowest BCUT2D eigenvalue weighted by atomic mass is 10.1. The average molecular weight is 221 g/mol. The molecule has 1 aromatic heterocycles. The van der Waals surface area contributed by atoms with Crippen LogP contribution in [0.3, 0.4) is 0 Å². The van der Waals surface area contributed by atoms with Gasteiger partial charge in [0.15, 0.2) is 0 Å². The second-order valence-corrected chi connectivity index (χ2v) is 4.72. The van der Waals surface area contributed by atoms with Gasteiger partial charge >= 0.3 is 0 Å². The van der Waals surface area contributed by atoms with Gasteiger partial charge in [-0.25, -0.2) is 4.98 Å². The Hall–Kier alpha value is -0.870. The summed E-state index contributed by atoms with van der Waals surface area (Å²) in [5, 5.41) is 3.38. The number of hydrogen-bond acceptors (Lipinski definition) is 3. The number of ether oxygens (including phenoxy) is 1. The van der Waals surface area contributed by atoms with E-state index in [0.29, 0.717) is 6.04 Å². The van der Waals surface area contributed by atoms with Crippen molar-refractivity contribution >= 4 is 0 Å². The highest BCUT2D eigenvalue weighted by atomic mass is 16.5. The Morgan fingerprint density at radius 2 is 2.44 bits per heavy atom. The third-order valence-corrected chi connectivity index (χ3v) is 3.60. The van der Waals surface area contributed by atoms with E-state index >= 15 is 0 Å². The molecular formula is C12H19N3O. The van der Waals surface area contributed by atoms with E-state index in [1.165, 1.54) is 24.2 Å². The highest BCUT2D eigenvalue weighted by Crippen LogP contribution is 2.26. The summed E-state index contributed by atoms with van der Waals surface area (Å²) in [4.78, 5) is 4.67. The molecule has 0 aromatic carbocycles. The minimum absolute atomic E-state index is 0.517. The lowest BCUT2D eigenvalue weighted by Gasteiger charge is -2.27. The Balaban J connectivity index is 1.95. The first-order valence-electron chi connectivity index (χ1n) is 6.21.